The van der Waals surface area contributed by atoms with E-state index in [1.165, 1.54) is 4.90 Å². The van der Waals surface area contributed by atoms with Crippen molar-refractivity contribution in [2.24, 2.45) is 11.8 Å². The van der Waals surface area contributed by atoms with Gasteiger partial charge in [0.2, 0.25) is 5.91 Å². The van der Waals surface area contributed by atoms with Crippen LogP contribution in [0.4, 0.5) is 4.79 Å². The molecular weight excluding hydrogens is 524 g/mol. The first-order chi connectivity index (χ1) is 19.7. The highest BCUT2D eigenvalue weighted by molar-refractivity contribution is 5.94. The van der Waals surface area contributed by atoms with Gasteiger partial charge in [0.05, 0.1) is 25.2 Å². The van der Waals surface area contributed by atoms with Crippen molar-refractivity contribution in [2.45, 2.75) is 134 Å². The van der Waals surface area contributed by atoms with Crippen molar-refractivity contribution in [3.63, 3.8) is 0 Å². The number of hydrogen-bond donors (Lipinski definition) is 4. The molecule has 2 aliphatic carbocycles. The van der Waals surface area contributed by atoms with Gasteiger partial charge in [-0.25, -0.2) is 4.79 Å². The lowest BCUT2D eigenvalue weighted by atomic mass is 9.81. The van der Waals surface area contributed by atoms with E-state index in [2.05, 4.69) is 22.9 Å². The van der Waals surface area contributed by atoms with Crippen LogP contribution in [0.2, 0.25) is 0 Å². The van der Waals surface area contributed by atoms with Gasteiger partial charge in [-0.05, 0) is 57.3 Å². The molecule has 0 spiro atoms. The Hall–Kier alpha value is -2.49. The standard InChI is InChI=1S/C31H52N4O6/c1-3-5-6-7-11-18-31(4-2,29(39)40)33-20-25(36)24-15-12-19-35(24)26(37)21-32-30(41)34-27(28(38)23-16-17-23)22-13-9-8-10-14-22/h22-24,27,33H,3-21H2,1-2H3,(H,39,40)(H2,32,34,41)/t24-,27-,31+/m0/s1. The van der Waals surface area contributed by atoms with E-state index in [0.29, 0.717) is 32.2 Å². The fourth-order valence-electron chi connectivity index (χ4n) is 6.49. The topological polar surface area (TPSA) is 145 Å². The second-order valence-corrected chi connectivity index (χ2v) is 12.3. The predicted octanol–water partition coefficient (Wildman–Crippen LogP) is 3.96. The van der Waals surface area contributed by atoms with Crippen LogP contribution in [0.25, 0.3) is 0 Å². The summed E-state index contributed by atoms with van der Waals surface area (Å²) >= 11 is 0. The highest BCUT2D eigenvalue weighted by Gasteiger charge is 2.41. The summed E-state index contributed by atoms with van der Waals surface area (Å²) in [5.74, 6) is -1.22. The molecule has 3 rings (SSSR count). The summed E-state index contributed by atoms with van der Waals surface area (Å²) in [4.78, 5) is 65.6. The van der Waals surface area contributed by atoms with E-state index in [0.717, 1.165) is 77.0 Å². The van der Waals surface area contributed by atoms with E-state index in [-0.39, 0.29) is 42.4 Å². The van der Waals surface area contributed by atoms with Crippen LogP contribution in [-0.2, 0) is 19.2 Å². The molecule has 1 saturated heterocycles. The molecule has 0 unspecified atom stereocenters. The minimum absolute atomic E-state index is 0.0440. The van der Waals surface area contributed by atoms with Crippen molar-refractivity contribution in [1.29, 1.82) is 0 Å². The molecule has 10 heteroatoms. The number of amides is 3. The van der Waals surface area contributed by atoms with Gasteiger partial charge in [0.1, 0.15) is 5.54 Å². The first-order valence-electron chi connectivity index (χ1n) is 16.1. The Bertz CT molecular complexity index is 916. The van der Waals surface area contributed by atoms with E-state index in [1.807, 2.05) is 6.92 Å². The van der Waals surface area contributed by atoms with Crippen LogP contribution in [0.1, 0.15) is 117 Å². The number of rotatable bonds is 18. The molecule has 0 radical (unpaired) electrons. The molecule has 3 amide bonds. The second kappa shape index (κ2) is 16.2. The number of aliphatic carboxylic acids is 1. The maximum atomic E-state index is 13.2. The minimum atomic E-state index is -1.16. The van der Waals surface area contributed by atoms with Gasteiger partial charge >= 0.3 is 12.0 Å². The fourth-order valence-corrected chi connectivity index (χ4v) is 6.49. The smallest absolute Gasteiger partial charge is 0.323 e. The maximum Gasteiger partial charge on any atom is 0.323 e. The Morgan fingerprint density at radius 3 is 2.22 bits per heavy atom. The molecule has 0 aromatic rings. The summed E-state index contributed by atoms with van der Waals surface area (Å²) < 4.78 is 0. The fraction of sp³-hybridized carbons (Fsp3) is 0.839. The molecule has 0 aromatic carbocycles. The van der Waals surface area contributed by atoms with Crippen molar-refractivity contribution >= 4 is 29.5 Å². The van der Waals surface area contributed by atoms with Gasteiger partial charge in [-0.3, -0.25) is 24.5 Å². The van der Waals surface area contributed by atoms with E-state index in [9.17, 15) is 29.1 Å². The van der Waals surface area contributed by atoms with E-state index in [4.69, 9.17) is 0 Å². The molecule has 1 aliphatic heterocycles. The number of carbonyl (C=O) groups is 5. The molecule has 0 bridgehead atoms. The molecule has 1 heterocycles. The number of ketones is 2. The third-order valence-corrected chi connectivity index (χ3v) is 9.36. The Balaban J connectivity index is 1.50. The Morgan fingerprint density at radius 1 is 0.878 bits per heavy atom. The number of urea groups is 1. The molecule has 3 aliphatic rings. The number of hydrogen-bond acceptors (Lipinski definition) is 6. The molecule has 232 valence electrons. The van der Waals surface area contributed by atoms with Crippen molar-refractivity contribution < 1.29 is 29.1 Å². The van der Waals surface area contributed by atoms with Gasteiger partial charge in [-0.2, -0.15) is 0 Å². The SMILES string of the molecule is CCCCCCC[C@@](CC)(NCC(=O)[C@@H]1CCCN1C(=O)CNC(=O)N[C@H](C(=O)C1CC1)C1CCCCC1)C(=O)O. The number of carbonyl (C=O) groups excluding carboxylic acids is 4. The van der Waals surface area contributed by atoms with Crippen molar-refractivity contribution in [3.8, 4) is 0 Å². The quantitative estimate of drug-likeness (QED) is 0.181. The van der Waals surface area contributed by atoms with Gasteiger partial charge in [0.25, 0.3) is 0 Å². The van der Waals surface area contributed by atoms with Crippen molar-refractivity contribution in [2.75, 3.05) is 19.6 Å². The lowest BCUT2D eigenvalue weighted by Crippen LogP contribution is -2.56. The van der Waals surface area contributed by atoms with Crippen LogP contribution < -0.4 is 16.0 Å². The number of nitrogens with zero attached hydrogens (tertiary/aromatic N) is 1. The van der Waals surface area contributed by atoms with Crippen LogP contribution in [0.5, 0.6) is 0 Å². The average molecular weight is 577 g/mol. The highest BCUT2D eigenvalue weighted by Crippen LogP contribution is 2.35. The lowest BCUT2D eigenvalue weighted by molar-refractivity contribution is -0.146. The molecule has 3 fully saturated rings. The lowest BCUT2D eigenvalue weighted by Gasteiger charge is -2.31. The van der Waals surface area contributed by atoms with E-state index in [1.54, 1.807) is 0 Å². The van der Waals surface area contributed by atoms with Gasteiger partial charge in [-0.15, -0.1) is 0 Å². The van der Waals surface area contributed by atoms with Gasteiger partial charge < -0.3 is 20.6 Å². The number of likely N-dealkylation sites (tertiary alicyclic amines) is 1. The Labute approximate surface area is 245 Å². The number of carboxylic acids is 1. The minimum Gasteiger partial charge on any atom is -0.480 e. The summed E-state index contributed by atoms with van der Waals surface area (Å²) in [7, 11) is 0. The summed E-state index contributed by atoms with van der Waals surface area (Å²) in [6, 6.07) is -1.68. The molecule has 10 nitrogen and oxygen atoms in total. The molecule has 3 atom stereocenters. The molecule has 4 N–H and O–H groups in total. The first kappa shape index (κ1) is 33.0. The van der Waals surface area contributed by atoms with Gasteiger partial charge in [-0.1, -0.05) is 65.2 Å². The number of Topliss-reactive ketones (excluding diaryl/α,β-unsaturated/α-hetero) is 2. The largest absolute Gasteiger partial charge is 0.480 e. The third kappa shape index (κ3) is 9.51. The number of nitrogens with one attached hydrogen (secondary N) is 3. The monoisotopic (exact) mass is 576 g/mol. The molecule has 41 heavy (non-hydrogen) atoms. The zero-order valence-corrected chi connectivity index (χ0v) is 25.2. The zero-order valence-electron chi connectivity index (χ0n) is 25.2. The summed E-state index contributed by atoms with van der Waals surface area (Å²) in [6.07, 6.45) is 13.9. The van der Waals surface area contributed by atoms with Gasteiger partial charge in [0, 0.05) is 12.5 Å². The van der Waals surface area contributed by atoms with Crippen LogP contribution >= 0.6 is 0 Å². The van der Waals surface area contributed by atoms with Crippen LogP contribution in [0.15, 0.2) is 0 Å². The molecular formula is C31H52N4O6. The number of unbranched alkanes of at least 4 members (excludes halogenated alkanes) is 4. The average Bonchev–Trinajstić information content (AvgIpc) is 3.71. The van der Waals surface area contributed by atoms with E-state index < -0.39 is 29.6 Å². The molecule has 0 aromatic heterocycles. The summed E-state index contributed by atoms with van der Waals surface area (Å²) in [6.45, 7) is 3.98. The Morgan fingerprint density at radius 2 is 1.59 bits per heavy atom. The first-order valence-corrected chi connectivity index (χ1v) is 16.1. The maximum absolute atomic E-state index is 13.2. The van der Waals surface area contributed by atoms with Gasteiger partial charge in [0.15, 0.2) is 11.6 Å². The second-order valence-electron chi connectivity index (χ2n) is 12.3. The third-order valence-electron chi connectivity index (χ3n) is 9.36. The summed E-state index contributed by atoms with van der Waals surface area (Å²) in [5.41, 5.74) is -1.16. The van der Waals surface area contributed by atoms with Crippen molar-refractivity contribution in [1.82, 2.24) is 20.9 Å². The Kier molecular flexibility index (Phi) is 13.1. The van der Waals surface area contributed by atoms with Crippen molar-refractivity contribution in [3.05, 3.63) is 0 Å². The predicted molar refractivity (Wildman–Crippen MR) is 156 cm³/mol. The van der Waals surface area contributed by atoms with Crippen LogP contribution in [0.3, 0.4) is 0 Å². The summed E-state index contributed by atoms with van der Waals surface area (Å²) in [5, 5.41) is 18.5. The zero-order chi connectivity index (χ0) is 29.8. The molecule has 2 saturated carbocycles. The van der Waals surface area contributed by atoms with Crippen LogP contribution in [0, 0.1) is 11.8 Å². The van der Waals surface area contributed by atoms with E-state index >= 15 is 0 Å². The van der Waals surface area contributed by atoms with Crippen LogP contribution in [-0.4, -0.2) is 76.7 Å². The number of carboxylic acid groups (broad SMARTS) is 1. The normalized spacial score (nSPS) is 21.6. The highest BCUT2D eigenvalue weighted by atomic mass is 16.4.